The van der Waals surface area contributed by atoms with Crippen molar-refractivity contribution in [1.82, 2.24) is 5.32 Å². The topological polar surface area (TPSA) is 32.3 Å². The van der Waals surface area contributed by atoms with Crippen molar-refractivity contribution in [2.45, 2.75) is 64.0 Å². The first kappa shape index (κ1) is 15.5. The maximum atomic E-state index is 13.8. The molecule has 1 saturated carbocycles. The van der Waals surface area contributed by atoms with Crippen molar-refractivity contribution in [3.8, 4) is 0 Å². The monoisotopic (exact) mass is 279 g/mol. The highest BCUT2D eigenvalue weighted by atomic mass is 19.1. The van der Waals surface area contributed by atoms with Crippen LogP contribution < -0.4 is 5.32 Å². The van der Waals surface area contributed by atoms with Crippen LogP contribution in [-0.4, -0.2) is 17.8 Å². The second-order valence-electron chi connectivity index (χ2n) is 6.29. The number of hydrogen-bond donors (Lipinski definition) is 2. The number of hydrogen-bond acceptors (Lipinski definition) is 2. The quantitative estimate of drug-likeness (QED) is 0.825. The first-order valence-corrected chi connectivity index (χ1v) is 7.70. The van der Waals surface area contributed by atoms with Crippen LogP contribution in [0.5, 0.6) is 0 Å². The average molecular weight is 279 g/mol. The van der Waals surface area contributed by atoms with Crippen molar-refractivity contribution in [3.05, 3.63) is 35.1 Å². The number of halogens is 1. The lowest BCUT2D eigenvalue weighted by Gasteiger charge is -2.34. The highest BCUT2D eigenvalue weighted by molar-refractivity contribution is 5.29. The first-order valence-electron chi connectivity index (χ1n) is 7.70. The predicted molar refractivity (Wildman–Crippen MR) is 80.2 cm³/mol. The van der Waals surface area contributed by atoms with E-state index >= 15 is 0 Å². The van der Waals surface area contributed by atoms with Crippen LogP contribution in [0.2, 0.25) is 0 Å². The lowest BCUT2D eigenvalue weighted by atomic mass is 9.90. The lowest BCUT2D eigenvalue weighted by molar-refractivity contribution is 0.156. The van der Waals surface area contributed by atoms with Crippen LogP contribution in [0.4, 0.5) is 4.39 Å². The molecule has 1 aliphatic carbocycles. The van der Waals surface area contributed by atoms with Gasteiger partial charge in [0.25, 0.3) is 0 Å². The molecule has 0 amide bonds. The van der Waals surface area contributed by atoms with Crippen LogP contribution in [0, 0.1) is 12.7 Å². The van der Waals surface area contributed by atoms with Crippen LogP contribution in [0.1, 0.15) is 56.6 Å². The summed E-state index contributed by atoms with van der Waals surface area (Å²) in [6.07, 6.45) is 7.36. The third-order valence-electron chi connectivity index (χ3n) is 4.50. The highest BCUT2D eigenvalue weighted by Gasteiger charge is 2.29. The first-order chi connectivity index (χ1) is 9.55. The molecular formula is C17H26FNO. The zero-order valence-corrected chi connectivity index (χ0v) is 12.6. The molecule has 3 heteroatoms. The van der Waals surface area contributed by atoms with Gasteiger partial charge in [0.1, 0.15) is 5.82 Å². The van der Waals surface area contributed by atoms with Gasteiger partial charge >= 0.3 is 0 Å². The Kier molecular flexibility index (Phi) is 5.17. The summed E-state index contributed by atoms with van der Waals surface area (Å²) >= 11 is 0. The fraction of sp³-hybridized carbons (Fsp3) is 0.647. The third-order valence-corrected chi connectivity index (χ3v) is 4.50. The molecule has 0 heterocycles. The van der Waals surface area contributed by atoms with E-state index in [4.69, 9.17) is 0 Å². The summed E-state index contributed by atoms with van der Waals surface area (Å²) in [7, 11) is 0. The molecule has 1 fully saturated rings. The molecule has 0 saturated heterocycles. The molecule has 0 aromatic heterocycles. The number of aryl methyl sites for hydroxylation is 1. The Morgan fingerprint density at radius 2 is 1.90 bits per heavy atom. The molecule has 2 N–H and O–H groups in total. The Morgan fingerprint density at radius 3 is 2.45 bits per heavy atom. The number of aliphatic hydroxyl groups excluding tert-OH is 1. The molecule has 0 spiro atoms. The zero-order chi connectivity index (χ0) is 14.6. The zero-order valence-electron chi connectivity index (χ0n) is 12.6. The van der Waals surface area contributed by atoms with Gasteiger partial charge in [-0.15, -0.1) is 0 Å². The second-order valence-corrected chi connectivity index (χ2v) is 6.29. The molecule has 1 aliphatic rings. The van der Waals surface area contributed by atoms with E-state index in [0.717, 1.165) is 18.4 Å². The Morgan fingerprint density at radius 1 is 1.25 bits per heavy atom. The minimum absolute atomic E-state index is 0.0218. The van der Waals surface area contributed by atoms with Gasteiger partial charge in [0, 0.05) is 6.04 Å². The summed E-state index contributed by atoms with van der Waals surface area (Å²) in [6.45, 7) is 3.70. The Bertz CT molecular complexity index is 441. The normalized spacial score (nSPS) is 20.4. The number of benzene rings is 1. The number of nitrogens with one attached hydrogen (secondary N) is 1. The maximum absolute atomic E-state index is 13.8. The van der Waals surface area contributed by atoms with E-state index in [0.29, 0.717) is 11.6 Å². The van der Waals surface area contributed by atoms with Gasteiger partial charge in [-0.3, -0.25) is 0 Å². The van der Waals surface area contributed by atoms with Crippen LogP contribution in [-0.2, 0) is 5.54 Å². The molecule has 1 atom stereocenters. The molecule has 2 nitrogen and oxygen atoms in total. The summed E-state index contributed by atoms with van der Waals surface area (Å²) in [5.74, 6) is -0.204. The minimum Gasteiger partial charge on any atom is -0.394 e. The van der Waals surface area contributed by atoms with E-state index in [1.165, 1.54) is 25.7 Å². The van der Waals surface area contributed by atoms with Crippen LogP contribution in [0.25, 0.3) is 0 Å². The average Bonchev–Trinajstić information content (AvgIpc) is 2.70. The van der Waals surface area contributed by atoms with Gasteiger partial charge in [0.05, 0.1) is 12.1 Å². The Labute approximate surface area is 121 Å². The van der Waals surface area contributed by atoms with E-state index in [1.54, 1.807) is 19.1 Å². The van der Waals surface area contributed by atoms with Gasteiger partial charge < -0.3 is 10.4 Å². The molecule has 2 rings (SSSR count). The smallest absolute Gasteiger partial charge is 0.126 e. The molecule has 0 bridgehead atoms. The predicted octanol–water partition coefficient (Wildman–Crippen LogP) is 3.65. The standard InChI is InChI=1S/C17H26FNO/c1-13-9-10-14(11-16(13)18)17(2,12-20)19-15-7-5-3-4-6-8-15/h9-11,15,19-20H,3-8,12H2,1-2H3. The Hall–Kier alpha value is -0.930. The fourth-order valence-electron chi connectivity index (χ4n) is 3.03. The summed E-state index contributed by atoms with van der Waals surface area (Å²) in [5, 5.41) is 13.4. The Balaban J connectivity index is 2.16. The number of rotatable bonds is 4. The van der Waals surface area contributed by atoms with Crippen molar-refractivity contribution in [2.75, 3.05) is 6.61 Å². The van der Waals surface area contributed by atoms with Crippen LogP contribution in [0.15, 0.2) is 18.2 Å². The molecule has 1 aromatic rings. The van der Waals surface area contributed by atoms with E-state index in [9.17, 15) is 9.50 Å². The molecule has 20 heavy (non-hydrogen) atoms. The third kappa shape index (κ3) is 3.58. The molecular weight excluding hydrogens is 253 g/mol. The van der Waals surface area contributed by atoms with Crippen molar-refractivity contribution >= 4 is 0 Å². The highest BCUT2D eigenvalue weighted by Crippen LogP contribution is 2.26. The summed E-state index contributed by atoms with van der Waals surface area (Å²) < 4.78 is 13.8. The van der Waals surface area contributed by atoms with Gasteiger partial charge in [-0.1, -0.05) is 37.8 Å². The van der Waals surface area contributed by atoms with Gasteiger partial charge in [-0.25, -0.2) is 4.39 Å². The summed E-state index contributed by atoms with van der Waals surface area (Å²) in [5.41, 5.74) is 0.902. The van der Waals surface area contributed by atoms with Crippen molar-refractivity contribution in [3.63, 3.8) is 0 Å². The molecule has 112 valence electrons. The van der Waals surface area contributed by atoms with Crippen molar-refractivity contribution in [1.29, 1.82) is 0 Å². The minimum atomic E-state index is -0.566. The molecule has 0 aliphatic heterocycles. The largest absolute Gasteiger partial charge is 0.394 e. The molecule has 0 radical (unpaired) electrons. The van der Waals surface area contributed by atoms with Gasteiger partial charge in [-0.2, -0.15) is 0 Å². The van der Waals surface area contributed by atoms with Gasteiger partial charge in [0.15, 0.2) is 0 Å². The van der Waals surface area contributed by atoms with E-state index < -0.39 is 5.54 Å². The van der Waals surface area contributed by atoms with E-state index in [2.05, 4.69) is 5.32 Å². The van der Waals surface area contributed by atoms with Crippen molar-refractivity contribution in [2.24, 2.45) is 0 Å². The molecule has 1 aromatic carbocycles. The summed E-state index contributed by atoms with van der Waals surface area (Å²) in [6, 6.07) is 5.67. The van der Waals surface area contributed by atoms with E-state index in [-0.39, 0.29) is 12.4 Å². The van der Waals surface area contributed by atoms with Crippen LogP contribution in [0.3, 0.4) is 0 Å². The number of aliphatic hydroxyl groups is 1. The van der Waals surface area contributed by atoms with Crippen molar-refractivity contribution < 1.29 is 9.50 Å². The van der Waals surface area contributed by atoms with Gasteiger partial charge in [-0.05, 0) is 43.9 Å². The maximum Gasteiger partial charge on any atom is 0.126 e. The van der Waals surface area contributed by atoms with E-state index in [1.807, 2.05) is 13.0 Å². The van der Waals surface area contributed by atoms with Crippen LogP contribution >= 0.6 is 0 Å². The second kappa shape index (κ2) is 6.68. The lowest BCUT2D eigenvalue weighted by Crippen LogP contribution is -2.48. The van der Waals surface area contributed by atoms with Gasteiger partial charge in [0.2, 0.25) is 0 Å². The summed E-state index contributed by atoms with van der Waals surface area (Å²) in [4.78, 5) is 0. The molecule has 1 unspecified atom stereocenters. The SMILES string of the molecule is Cc1ccc(C(C)(CO)NC2CCCCCC2)cc1F. The fourth-order valence-corrected chi connectivity index (χ4v) is 3.03.